The van der Waals surface area contributed by atoms with Gasteiger partial charge >= 0.3 is 0 Å². The molecular weight excluding hydrogens is 424 g/mol. The molecule has 1 saturated heterocycles. The molecule has 0 unspecified atom stereocenters. The lowest BCUT2D eigenvalue weighted by molar-refractivity contribution is 0.102. The fraction of sp³-hybridized carbons (Fsp3) is 0.300. The summed E-state index contributed by atoms with van der Waals surface area (Å²) in [7, 11) is -0.0362. The van der Waals surface area contributed by atoms with Crippen LogP contribution >= 0.6 is 11.3 Å². The van der Waals surface area contributed by atoms with Crippen LogP contribution in [0.2, 0.25) is 0 Å². The number of hydrogen-bond acceptors (Lipinski definition) is 7. The van der Waals surface area contributed by atoms with Crippen LogP contribution in [0.1, 0.15) is 10.4 Å². The Hall–Kier alpha value is -2.53. The number of carbonyl (C=O) groups excluding carboxylic acids is 1. The summed E-state index contributed by atoms with van der Waals surface area (Å²) in [5, 5.41) is 3.18. The van der Waals surface area contributed by atoms with Crippen LogP contribution < -0.4 is 10.1 Å². The van der Waals surface area contributed by atoms with Gasteiger partial charge in [0.05, 0.1) is 22.2 Å². The van der Waals surface area contributed by atoms with E-state index >= 15 is 0 Å². The van der Waals surface area contributed by atoms with E-state index in [1.807, 2.05) is 7.05 Å². The molecule has 3 aromatic rings. The molecule has 0 spiro atoms. The molecule has 8 nitrogen and oxygen atoms in total. The summed E-state index contributed by atoms with van der Waals surface area (Å²) in [6, 6.07) is 11.7. The number of benzene rings is 2. The number of likely N-dealkylation sites (N-methyl/N-ethyl adjacent to an activating group) is 1. The van der Waals surface area contributed by atoms with Gasteiger partial charge in [0.25, 0.3) is 5.91 Å². The average molecular weight is 447 g/mol. The van der Waals surface area contributed by atoms with Gasteiger partial charge in [0, 0.05) is 31.7 Å². The highest BCUT2D eigenvalue weighted by atomic mass is 32.2. The predicted molar refractivity (Wildman–Crippen MR) is 117 cm³/mol. The maximum Gasteiger partial charge on any atom is 0.257 e. The number of methoxy groups -OCH3 is 1. The number of rotatable bonds is 5. The van der Waals surface area contributed by atoms with E-state index in [1.54, 1.807) is 49.6 Å². The van der Waals surface area contributed by atoms with Crippen LogP contribution in [0, 0.1) is 0 Å². The molecule has 10 heteroatoms. The summed E-state index contributed by atoms with van der Waals surface area (Å²) in [5.41, 5.74) is 1.09. The number of aromatic nitrogens is 1. The van der Waals surface area contributed by atoms with E-state index in [9.17, 15) is 13.2 Å². The van der Waals surface area contributed by atoms with Crippen molar-refractivity contribution in [1.82, 2.24) is 14.2 Å². The topological polar surface area (TPSA) is 91.8 Å². The zero-order chi connectivity index (χ0) is 21.3. The third-order valence-corrected chi connectivity index (χ3v) is 7.84. The molecule has 1 N–H and O–H groups in total. The average Bonchev–Trinajstić information content (AvgIpc) is 3.15. The van der Waals surface area contributed by atoms with E-state index in [4.69, 9.17) is 4.74 Å². The first-order valence-corrected chi connectivity index (χ1v) is 11.7. The zero-order valence-electron chi connectivity index (χ0n) is 16.7. The summed E-state index contributed by atoms with van der Waals surface area (Å²) >= 11 is 1.24. The predicted octanol–water partition coefficient (Wildman–Crippen LogP) is 2.49. The number of ether oxygens (including phenoxy) is 1. The Labute approximate surface area is 179 Å². The largest absolute Gasteiger partial charge is 0.497 e. The minimum absolute atomic E-state index is 0.244. The monoisotopic (exact) mass is 446 g/mol. The van der Waals surface area contributed by atoms with Crippen molar-refractivity contribution < 1.29 is 17.9 Å². The molecule has 0 aliphatic carbocycles. The van der Waals surface area contributed by atoms with Crippen LogP contribution in [0.3, 0.4) is 0 Å². The quantitative estimate of drug-likeness (QED) is 0.648. The fourth-order valence-corrected chi connectivity index (χ4v) is 5.65. The number of carbonyl (C=O) groups is 1. The van der Waals surface area contributed by atoms with Crippen molar-refractivity contribution >= 4 is 42.6 Å². The van der Waals surface area contributed by atoms with Gasteiger partial charge in [-0.1, -0.05) is 17.4 Å². The summed E-state index contributed by atoms with van der Waals surface area (Å²) in [6.07, 6.45) is 0. The van der Waals surface area contributed by atoms with Crippen molar-refractivity contribution in [2.24, 2.45) is 0 Å². The van der Waals surface area contributed by atoms with E-state index in [1.165, 1.54) is 15.6 Å². The summed E-state index contributed by atoms with van der Waals surface area (Å²) < 4.78 is 33.3. The molecule has 1 aromatic heterocycles. The summed E-state index contributed by atoms with van der Waals surface area (Å²) in [6.45, 7) is 2.37. The number of thiazole rings is 1. The molecule has 1 aliphatic heterocycles. The lowest BCUT2D eigenvalue weighted by atomic mass is 10.2. The van der Waals surface area contributed by atoms with Crippen molar-refractivity contribution in [2.75, 3.05) is 45.7 Å². The standard InChI is InChI=1S/C20H22N4O4S2/c1-23-8-10-24(11-9-23)30(26,27)16-6-7-17-18(13-16)29-20(21-17)22-19(25)14-4-3-5-15(12-14)28-2/h3-7,12-13H,8-11H2,1-2H3,(H,21,22,25). The van der Waals surface area contributed by atoms with Crippen LogP contribution in [0.25, 0.3) is 10.2 Å². The smallest absolute Gasteiger partial charge is 0.257 e. The molecule has 0 radical (unpaired) electrons. The third-order valence-electron chi connectivity index (χ3n) is 5.01. The van der Waals surface area contributed by atoms with Gasteiger partial charge in [-0.05, 0) is 43.4 Å². The molecule has 158 valence electrons. The van der Waals surface area contributed by atoms with E-state index in [-0.39, 0.29) is 10.8 Å². The lowest BCUT2D eigenvalue weighted by Crippen LogP contribution is -2.46. The van der Waals surface area contributed by atoms with Crippen molar-refractivity contribution in [2.45, 2.75) is 4.90 Å². The number of nitrogens with one attached hydrogen (secondary N) is 1. The number of nitrogens with zero attached hydrogens (tertiary/aromatic N) is 3. The van der Waals surface area contributed by atoms with Gasteiger partial charge in [0.15, 0.2) is 5.13 Å². The molecule has 0 atom stereocenters. The van der Waals surface area contributed by atoms with Crippen LogP contribution in [0.5, 0.6) is 5.75 Å². The van der Waals surface area contributed by atoms with E-state index in [0.29, 0.717) is 52.8 Å². The minimum atomic E-state index is -3.56. The number of anilines is 1. The Kier molecular flexibility index (Phi) is 5.74. The SMILES string of the molecule is COc1cccc(C(=O)Nc2nc3ccc(S(=O)(=O)N4CCN(C)CC4)cc3s2)c1. The number of sulfonamides is 1. The zero-order valence-corrected chi connectivity index (χ0v) is 18.3. The second-order valence-corrected chi connectivity index (χ2v) is 10.0. The number of amides is 1. The van der Waals surface area contributed by atoms with Gasteiger partial charge in [-0.2, -0.15) is 4.31 Å². The van der Waals surface area contributed by atoms with Crippen LogP contribution in [-0.4, -0.2) is 68.9 Å². The molecule has 2 heterocycles. The van der Waals surface area contributed by atoms with Gasteiger partial charge in [0.2, 0.25) is 10.0 Å². The second-order valence-electron chi connectivity index (χ2n) is 7.04. The molecule has 30 heavy (non-hydrogen) atoms. The van der Waals surface area contributed by atoms with Crippen molar-refractivity contribution in [3.8, 4) is 5.75 Å². The lowest BCUT2D eigenvalue weighted by Gasteiger charge is -2.31. The Morgan fingerprint density at radius 3 is 2.63 bits per heavy atom. The summed E-state index contributed by atoms with van der Waals surface area (Å²) in [5.74, 6) is 0.281. The normalized spacial score (nSPS) is 15.9. The van der Waals surface area contributed by atoms with Gasteiger partial charge in [-0.25, -0.2) is 13.4 Å². The minimum Gasteiger partial charge on any atom is -0.497 e. The van der Waals surface area contributed by atoms with E-state index in [2.05, 4.69) is 15.2 Å². The molecule has 0 bridgehead atoms. The highest BCUT2D eigenvalue weighted by Crippen LogP contribution is 2.30. The number of hydrogen-bond donors (Lipinski definition) is 1. The Balaban J connectivity index is 1.56. The van der Waals surface area contributed by atoms with Gasteiger partial charge < -0.3 is 9.64 Å². The Morgan fingerprint density at radius 2 is 1.90 bits per heavy atom. The fourth-order valence-electron chi connectivity index (χ4n) is 3.23. The van der Waals surface area contributed by atoms with E-state index in [0.717, 1.165) is 0 Å². The Bertz CT molecular complexity index is 1180. The second kappa shape index (κ2) is 8.31. The summed E-state index contributed by atoms with van der Waals surface area (Å²) in [4.78, 5) is 19.3. The Morgan fingerprint density at radius 1 is 1.13 bits per heavy atom. The van der Waals surface area contributed by atoms with Crippen LogP contribution in [0.15, 0.2) is 47.4 Å². The van der Waals surface area contributed by atoms with Crippen molar-refractivity contribution in [1.29, 1.82) is 0 Å². The number of piperazine rings is 1. The van der Waals surface area contributed by atoms with Gasteiger partial charge in [-0.15, -0.1) is 0 Å². The molecular formula is C20H22N4O4S2. The van der Waals surface area contributed by atoms with Gasteiger partial charge in [0.1, 0.15) is 5.75 Å². The van der Waals surface area contributed by atoms with Gasteiger partial charge in [-0.3, -0.25) is 10.1 Å². The van der Waals surface area contributed by atoms with Crippen molar-refractivity contribution in [3.63, 3.8) is 0 Å². The first kappa shape index (κ1) is 20.7. The maximum absolute atomic E-state index is 13.0. The molecule has 2 aromatic carbocycles. The van der Waals surface area contributed by atoms with E-state index < -0.39 is 10.0 Å². The highest BCUT2D eigenvalue weighted by Gasteiger charge is 2.27. The third kappa shape index (κ3) is 4.17. The first-order chi connectivity index (χ1) is 14.4. The molecule has 1 fully saturated rings. The maximum atomic E-state index is 13.0. The van der Waals surface area contributed by atoms with Crippen LogP contribution in [-0.2, 0) is 10.0 Å². The molecule has 0 saturated carbocycles. The molecule has 1 aliphatic rings. The number of fused-ring (bicyclic) bond motifs is 1. The van der Waals surface area contributed by atoms with Crippen molar-refractivity contribution in [3.05, 3.63) is 48.0 Å². The first-order valence-electron chi connectivity index (χ1n) is 9.41. The molecule has 4 rings (SSSR count). The van der Waals surface area contributed by atoms with Crippen LogP contribution in [0.4, 0.5) is 5.13 Å². The molecule has 1 amide bonds. The highest BCUT2D eigenvalue weighted by molar-refractivity contribution is 7.89.